The van der Waals surface area contributed by atoms with Gasteiger partial charge in [-0.2, -0.15) is 0 Å². The van der Waals surface area contributed by atoms with E-state index in [9.17, 15) is 0 Å². The molecule has 1 aromatic heterocycles. The van der Waals surface area contributed by atoms with Gasteiger partial charge in [0.2, 0.25) is 0 Å². The molecule has 0 fully saturated rings. The minimum atomic E-state index is 0.878. The molecule has 2 nitrogen and oxygen atoms in total. The van der Waals surface area contributed by atoms with Gasteiger partial charge in [-0.05, 0) is 54.4 Å². The highest BCUT2D eigenvalue weighted by atomic mass is 16.5. The Morgan fingerprint density at radius 2 is 1.46 bits per heavy atom. The number of benzene rings is 3. The van der Waals surface area contributed by atoms with Crippen LogP contribution in [-0.2, 0) is 0 Å². The van der Waals surface area contributed by atoms with E-state index in [0.717, 1.165) is 5.75 Å². The van der Waals surface area contributed by atoms with Crippen LogP contribution < -0.4 is 4.74 Å². The SMILES string of the molecule is COc1ccc(-c2ccc3cc(C)n(-c4ccccc4)c3c2)cc1. The molecule has 0 aliphatic heterocycles. The lowest BCUT2D eigenvalue weighted by Crippen LogP contribution is -1.95. The van der Waals surface area contributed by atoms with Gasteiger partial charge in [0.1, 0.15) is 5.75 Å². The molecule has 0 bridgehead atoms. The summed E-state index contributed by atoms with van der Waals surface area (Å²) < 4.78 is 7.56. The Bertz CT molecular complexity index is 982. The second-order valence-corrected chi connectivity index (χ2v) is 5.96. The fourth-order valence-corrected chi connectivity index (χ4v) is 3.22. The smallest absolute Gasteiger partial charge is 0.118 e. The lowest BCUT2D eigenvalue weighted by atomic mass is 10.0. The molecule has 0 amide bonds. The van der Waals surface area contributed by atoms with Crippen LogP contribution in [-0.4, -0.2) is 11.7 Å². The topological polar surface area (TPSA) is 14.2 Å². The van der Waals surface area contributed by atoms with E-state index in [1.807, 2.05) is 18.2 Å². The zero-order valence-electron chi connectivity index (χ0n) is 13.9. The summed E-state index contributed by atoms with van der Waals surface area (Å²) in [4.78, 5) is 0. The highest BCUT2D eigenvalue weighted by Gasteiger charge is 2.09. The highest BCUT2D eigenvalue weighted by molar-refractivity contribution is 5.88. The molecule has 1 heterocycles. The van der Waals surface area contributed by atoms with Crippen molar-refractivity contribution in [3.63, 3.8) is 0 Å². The minimum Gasteiger partial charge on any atom is -0.497 e. The van der Waals surface area contributed by atoms with E-state index in [-0.39, 0.29) is 0 Å². The van der Waals surface area contributed by atoms with E-state index in [4.69, 9.17) is 4.74 Å². The Morgan fingerprint density at radius 1 is 0.750 bits per heavy atom. The molecule has 0 N–H and O–H groups in total. The van der Waals surface area contributed by atoms with Crippen LogP contribution in [0.2, 0.25) is 0 Å². The van der Waals surface area contributed by atoms with Gasteiger partial charge in [0.25, 0.3) is 0 Å². The molecule has 4 aromatic rings. The molecule has 2 heteroatoms. The Hall–Kier alpha value is -3.00. The maximum Gasteiger partial charge on any atom is 0.118 e. The first-order valence-electron chi connectivity index (χ1n) is 8.08. The molecular formula is C22H19NO. The Balaban J connectivity index is 1.88. The number of methoxy groups -OCH3 is 1. The van der Waals surface area contributed by atoms with Crippen molar-refractivity contribution < 1.29 is 4.74 Å². The average molecular weight is 313 g/mol. The zero-order valence-corrected chi connectivity index (χ0v) is 13.9. The molecule has 24 heavy (non-hydrogen) atoms. The van der Waals surface area contributed by atoms with Crippen LogP contribution in [0.15, 0.2) is 78.9 Å². The lowest BCUT2D eigenvalue weighted by Gasteiger charge is -2.10. The summed E-state index contributed by atoms with van der Waals surface area (Å²) in [7, 11) is 1.69. The lowest BCUT2D eigenvalue weighted by molar-refractivity contribution is 0.415. The van der Waals surface area contributed by atoms with Crippen molar-refractivity contribution >= 4 is 10.9 Å². The number of hydrogen-bond donors (Lipinski definition) is 0. The summed E-state index contributed by atoms with van der Waals surface area (Å²) in [6.45, 7) is 2.15. The number of fused-ring (bicyclic) bond motifs is 1. The zero-order chi connectivity index (χ0) is 16.5. The third-order valence-electron chi connectivity index (χ3n) is 4.43. The normalized spacial score (nSPS) is 10.9. The predicted molar refractivity (Wildman–Crippen MR) is 100 cm³/mol. The molecule has 0 saturated heterocycles. The van der Waals surface area contributed by atoms with Gasteiger partial charge in [-0.15, -0.1) is 0 Å². The number of aromatic nitrogens is 1. The molecule has 0 atom stereocenters. The van der Waals surface area contributed by atoms with E-state index >= 15 is 0 Å². The Labute approximate surface area is 141 Å². The van der Waals surface area contributed by atoms with Crippen LogP contribution in [0, 0.1) is 6.92 Å². The maximum absolute atomic E-state index is 5.25. The summed E-state index contributed by atoms with van der Waals surface area (Å²) >= 11 is 0. The molecule has 4 rings (SSSR count). The van der Waals surface area contributed by atoms with Crippen LogP contribution in [0.5, 0.6) is 5.75 Å². The number of hydrogen-bond acceptors (Lipinski definition) is 1. The maximum atomic E-state index is 5.25. The summed E-state index contributed by atoms with van der Waals surface area (Å²) in [5, 5.41) is 1.26. The van der Waals surface area contributed by atoms with E-state index in [2.05, 4.69) is 72.2 Å². The predicted octanol–water partition coefficient (Wildman–Crippen LogP) is 5.61. The third-order valence-corrected chi connectivity index (χ3v) is 4.43. The number of aryl methyl sites for hydroxylation is 1. The summed E-state index contributed by atoms with van der Waals surface area (Å²) in [6, 6.07) is 27.6. The summed E-state index contributed by atoms with van der Waals surface area (Å²) in [5.74, 6) is 0.878. The van der Waals surface area contributed by atoms with Crippen molar-refractivity contribution in [2.45, 2.75) is 6.92 Å². The van der Waals surface area contributed by atoms with Gasteiger partial charge in [-0.3, -0.25) is 0 Å². The molecule has 0 saturated carbocycles. The molecule has 0 aliphatic rings. The van der Waals surface area contributed by atoms with Crippen molar-refractivity contribution in [1.29, 1.82) is 0 Å². The standard InChI is InChI=1S/C22H19NO/c1-16-14-19-9-8-18(17-10-12-21(24-2)13-11-17)15-22(19)23(16)20-6-4-3-5-7-20/h3-15H,1-2H3. The van der Waals surface area contributed by atoms with Crippen molar-refractivity contribution in [3.8, 4) is 22.6 Å². The van der Waals surface area contributed by atoms with E-state index in [0.29, 0.717) is 0 Å². The number of ether oxygens (including phenoxy) is 1. The summed E-state index contributed by atoms with van der Waals surface area (Å²) in [5.41, 5.74) is 6.06. The fraction of sp³-hybridized carbons (Fsp3) is 0.0909. The van der Waals surface area contributed by atoms with Gasteiger partial charge in [0, 0.05) is 16.8 Å². The van der Waals surface area contributed by atoms with Gasteiger partial charge < -0.3 is 9.30 Å². The molecule has 0 spiro atoms. The van der Waals surface area contributed by atoms with Gasteiger partial charge in [-0.25, -0.2) is 0 Å². The van der Waals surface area contributed by atoms with E-state index in [1.165, 1.54) is 33.4 Å². The van der Waals surface area contributed by atoms with Crippen molar-refractivity contribution in [3.05, 3.63) is 84.6 Å². The highest BCUT2D eigenvalue weighted by Crippen LogP contribution is 2.29. The monoisotopic (exact) mass is 313 g/mol. The Morgan fingerprint density at radius 3 is 2.17 bits per heavy atom. The molecule has 0 aliphatic carbocycles. The van der Waals surface area contributed by atoms with Gasteiger partial charge in [0.15, 0.2) is 0 Å². The Kier molecular flexibility index (Phi) is 3.58. The largest absolute Gasteiger partial charge is 0.497 e. The minimum absolute atomic E-state index is 0.878. The number of para-hydroxylation sites is 1. The molecule has 118 valence electrons. The molecule has 0 radical (unpaired) electrons. The first-order chi connectivity index (χ1) is 11.8. The van der Waals surface area contributed by atoms with Gasteiger partial charge in [-0.1, -0.05) is 42.5 Å². The number of rotatable bonds is 3. The first-order valence-corrected chi connectivity index (χ1v) is 8.08. The molecule has 0 unspecified atom stereocenters. The van der Waals surface area contributed by atoms with Crippen LogP contribution >= 0.6 is 0 Å². The van der Waals surface area contributed by atoms with Crippen molar-refractivity contribution in [1.82, 2.24) is 4.57 Å². The second-order valence-electron chi connectivity index (χ2n) is 5.96. The molecular weight excluding hydrogens is 294 g/mol. The van der Waals surface area contributed by atoms with E-state index in [1.54, 1.807) is 7.11 Å². The third kappa shape index (κ3) is 2.46. The van der Waals surface area contributed by atoms with Crippen LogP contribution in [0.3, 0.4) is 0 Å². The van der Waals surface area contributed by atoms with Crippen LogP contribution in [0.25, 0.3) is 27.7 Å². The quantitative estimate of drug-likeness (QED) is 0.479. The average Bonchev–Trinajstić information content (AvgIpc) is 2.97. The van der Waals surface area contributed by atoms with E-state index < -0.39 is 0 Å². The fourth-order valence-electron chi connectivity index (χ4n) is 3.22. The molecule has 3 aromatic carbocycles. The van der Waals surface area contributed by atoms with Gasteiger partial charge in [0.05, 0.1) is 12.6 Å². The number of nitrogens with zero attached hydrogens (tertiary/aromatic N) is 1. The van der Waals surface area contributed by atoms with Crippen molar-refractivity contribution in [2.24, 2.45) is 0 Å². The van der Waals surface area contributed by atoms with Crippen molar-refractivity contribution in [2.75, 3.05) is 7.11 Å². The first kappa shape index (κ1) is 14.6. The second kappa shape index (κ2) is 5.89. The van der Waals surface area contributed by atoms with Crippen LogP contribution in [0.1, 0.15) is 5.69 Å². The summed E-state index contributed by atoms with van der Waals surface area (Å²) in [6.07, 6.45) is 0. The van der Waals surface area contributed by atoms with Crippen LogP contribution in [0.4, 0.5) is 0 Å². The van der Waals surface area contributed by atoms with Gasteiger partial charge >= 0.3 is 0 Å².